The number of carbonyl (C=O) groups excluding carboxylic acids is 4. The highest BCUT2D eigenvalue weighted by Crippen LogP contribution is 2.42. The van der Waals surface area contributed by atoms with Gasteiger partial charge < -0.3 is 9.64 Å². The van der Waals surface area contributed by atoms with E-state index in [9.17, 15) is 19.2 Å². The number of nitrogens with zero attached hydrogens (tertiary/aromatic N) is 2. The molecule has 3 amide bonds. The molecule has 3 fully saturated rings. The van der Waals surface area contributed by atoms with Gasteiger partial charge in [-0.2, -0.15) is 0 Å². The van der Waals surface area contributed by atoms with Crippen LogP contribution in [0.2, 0.25) is 0 Å². The number of imide groups is 1. The molecule has 2 saturated heterocycles. The third-order valence-corrected chi connectivity index (χ3v) is 7.76. The molecule has 0 N–H and O–H groups in total. The van der Waals surface area contributed by atoms with Crippen molar-refractivity contribution in [2.45, 2.75) is 46.5 Å². The quantitative estimate of drug-likeness (QED) is 0.377. The van der Waals surface area contributed by atoms with Gasteiger partial charge in [-0.3, -0.25) is 24.1 Å². The monoisotopic (exact) mass is 474 g/mol. The molecule has 7 nitrogen and oxygen atoms in total. The van der Waals surface area contributed by atoms with E-state index in [-0.39, 0.29) is 42.5 Å². The molecule has 0 aromatic heterocycles. The van der Waals surface area contributed by atoms with Crippen molar-refractivity contribution < 1.29 is 23.9 Å². The minimum atomic E-state index is -0.560. The molecule has 0 spiro atoms. The first-order chi connectivity index (χ1) is 16.7. The molecule has 2 aliphatic heterocycles. The van der Waals surface area contributed by atoms with Crippen molar-refractivity contribution in [3.05, 3.63) is 53.6 Å². The maximum Gasteiger partial charge on any atom is 0.316 e. The van der Waals surface area contributed by atoms with Gasteiger partial charge in [0.1, 0.15) is 5.75 Å². The molecule has 182 valence electrons. The maximum atomic E-state index is 12.9. The summed E-state index contributed by atoms with van der Waals surface area (Å²) in [5.74, 6) is -1.09. The Morgan fingerprint density at radius 3 is 2.29 bits per heavy atom. The summed E-state index contributed by atoms with van der Waals surface area (Å²) in [4.78, 5) is 54.1. The SMILES string of the molecule is Cc1ccc(N2C[C@H](C(=O)Oc3ccc(N4C(=O)[C@@H]5CC[C@@H](C)C[C@H]5C4=O)cc3)CC2=O)cc1C. The van der Waals surface area contributed by atoms with Gasteiger partial charge in [0.15, 0.2) is 0 Å². The predicted molar refractivity (Wildman–Crippen MR) is 131 cm³/mol. The van der Waals surface area contributed by atoms with Crippen molar-refractivity contribution >= 4 is 35.1 Å². The number of amides is 3. The number of anilines is 2. The van der Waals surface area contributed by atoms with Gasteiger partial charge in [-0.1, -0.05) is 13.0 Å². The highest BCUT2D eigenvalue weighted by atomic mass is 16.5. The van der Waals surface area contributed by atoms with E-state index in [1.807, 2.05) is 32.0 Å². The van der Waals surface area contributed by atoms with E-state index in [4.69, 9.17) is 4.74 Å². The van der Waals surface area contributed by atoms with Gasteiger partial charge in [0.25, 0.3) is 0 Å². The summed E-state index contributed by atoms with van der Waals surface area (Å²) in [5, 5.41) is 0. The Bertz CT molecular complexity index is 1200. The van der Waals surface area contributed by atoms with Gasteiger partial charge in [-0.25, -0.2) is 0 Å². The Morgan fingerprint density at radius 2 is 1.57 bits per heavy atom. The molecule has 3 aliphatic rings. The summed E-state index contributed by atoms with van der Waals surface area (Å²) in [6.07, 6.45) is 2.57. The van der Waals surface area contributed by atoms with Crippen LogP contribution < -0.4 is 14.5 Å². The summed E-state index contributed by atoms with van der Waals surface area (Å²) in [5.41, 5.74) is 3.52. The zero-order chi connectivity index (χ0) is 24.9. The molecule has 4 atom stereocenters. The van der Waals surface area contributed by atoms with Crippen molar-refractivity contribution in [3.8, 4) is 5.75 Å². The number of hydrogen-bond acceptors (Lipinski definition) is 5. The average molecular weight is 475 g/mol. The Hall–Kier alpha value is -3.48. The van der Waals surface area contributed by atoms with Gasteiger partial charge >= 0.3 is 5.97 Å². The first-order valence-corrected chi connectivity index (χ1v) is 12.3. The number of hydrogen-bond donors (Lipinski definition) is 0. The number of carbonyl (C=O) groups is 4. The molecular weight excluding hydrogens is 444 g/mol. The van der Waals surface area contributed by atoms with Crippen LogP contribution >= 0.6 is 0 Å². The average Bonchev–Trinajstić information content (AvgIpc) is 3.34. The predicted octanol–water partition coefficient (Wildman–Crippen LogP) is 4.19. The van der Waals surface area contributed by atoms with Gasteiger partial charge in [0.05, 0.1) is 23.4 Å². The fourth-order valence-electron chi connectivity index (χ4n) is 5.52. The fraction of sp³-hybridized carbons (Fsp3) is 0.429. The zero-order valence-electron chi connectivity index (χ0n) is 20.3. The fourth-order valence-corrected chi connectivity index (χ4v) is 5.52. The minimum absolute atomic E-state index is 0.0990. The molecule has 7 heteroatoms. The second-order valence-corrected chi connectivity index (χ2v) is 10.2. The number of rotatable bonds is 4. The Balaban J connectivity index is 1.24. The van der Waals surface area contributed by atoms with Crippen LogP contribution in [0.1, 0.15) is 43.7 Å². The molecule has 0 bridgehead atoms. The molecule has 1 aliphatic carbocycles. The van der Waals surface area contributed by atoms with Crippen molar-refractivity contribution in [2.24, 2.45) is 23.7 Å². The molecule has 1 saturated carbocycles. The molecule has 2 heterocycles. The number of esters is 1. The van der Waals surface area contributed by atoms with Crippen LogP contribution in [0, 0.1) is 37.5 Å². The van der Waals surface area contributed by atoms with E-state index in [1.165, 1.54) is 4.90 Å². The molecule has 0 radical (unpaired) electrons. The van der Waals surface area contributed by atoms with Crippen LogP contribution in [0.25, 0.3) is 0 Å². The lowest BCUT2D eigenvalue weighted by atomic mass is 9.76. The van der Waals surface area contributed by atoms with Crippen molar-refractivity contribution in [2.75, 3.05) is 16.3 Å². The van der Waals surface area contributed by atoms with Crippen molar-refractivity contribution in [1.29, 1.82) is 0 Å². The van der Waals surface area contributed by atoms with Gasteiger partial charge in [0, 0.05) is 18.7 Å². The van der Waals surface area contributed by atoms with E-state index in [0.29, 0.717) is 17.4 Å². The first kappa shape index (κ1) is 23.3. The lowest BCUT2D eigenvalue weighted by Crippen LogP contribution is -2.30. The highest BCUT2D eigenvalue weighted by Gasteiger charge is 2.50. The zero-order valence-corrected chi connectivity index (χ0v) is 20.3. The van der Waals surface area contributed by atoms with E-state index < -0.39 is 11.9 Å². The minimum Gasteiger partial charge on any atom is -0.426 e. The standard InChI is InChI=1S/C28H30N2O5/c1-16-4-11-23-24(12-16)27(33)30(26(23)32)20-7-9-22(10-8-20)35-28(34)19-14-25(31)29(15-19)21-6-5-17(2)18(3)13-21/h5-10,13,16,19,23-24H,4,11-12,14-15H2,1-3H3/t16-,19-,23-,24-/m1/s1. The molecule has 2 aromatic carbocycles. The highest BCUT2D eigenvalue weighted by molar-refractivity contribution is 6.22. The van der Waals surface area contributed by atoms with Crippen LogP contribution in [0.15, 0.2) is 42.5 Å². The number of ether oxygens (including phenoxy) is 1. The normalized spacial score (nSPS) is 26.3. The van der Waals surface area contributed by atoms with Crippen LogP contribution in [0.5, 0.6) is 5.75 Å². The van der Waals surface area contributed by atoms with Crippen molar-refractivity contribution in [3.63, 3.8) is 0 Å². The van der Waals surface area contributed by atoms with Gasteiger partial charge in [-0.05, 0) is 86.6 Å². The first-order valence-electron chi connectivity index (χ1n) is 12.3. The molecule has 35 heavy (non-hydrogen) atoms. The maximum absolute atomic E-state index is 12.9. The largest absolute Gasteiger partial charge is 0.426 e. The third-order valence-electron chi connectivity index (χ3n) is 7.76. The van der Waals surface area contributed by atoms with Crippen LogP contribution in [-0.2, 0) is 19.2 Å². The topological polar surface area (TPSA) is 84.0 Å². The summed E-state index contributed by atoms with van der Waals surface area (Å²) in [7, 11) is 0. The summed E-state index contributed by atoms with van der Waals surface area (Å²) in [6, 6.07) is 12.3. The van der Waals surface area contributed by atoms with E-state index >= 15 is 0 Å². The van der Waals surface area contributed by atoms with Crippen LogP contribution in [0.3, 0.4) is 0 Å². The number of benzene rings is 2. The van der Waals surface area contributed by atoms with Crippen LogP contribution in [0.4, 0.5) is 11.4 Å². The number of aryl methyl sites for hydroxylation is 2. The third kappa shape index (κ3) is 4.24. The van der Waals surface area contributed by atoms with Gasteiger partial charge in [-0.15, -0.1) is 0 Å². The smallest absolute Gasteiger partial charge is 0.316 e. The number of fused-ring (bicyclic) bond motifs is 1. The Labute approximate surface area is 205 Å². The second kappa shape index (κ2) is 8.95. The summed E-state index contributed by atoms with van der Waals surface area (Å²) in [6.45, 7) is 6.40. The van der Waals surface area contributed by atoms with E-state index in [1.54, 1.807) is 29.2 Å². The Morgan fingerprint density at radius 1 is 0.886 bits per heavy atom. The van der Waals surface area contributed by atoms with E-state index in [2.05, 4.69) is 6.92 Å². The second-order valence-electron chi connectivity index (χ2n) is 10.2. The summed E-state index contributed by atoms with van der Waals surface area (Å²) >= 11 is 0. The van der Waals surface area contributed by atoms with Crippen LogP contribution in [-0.4, -0.2) is 30.2 Å². The lowest BCUT2D eigenvalue weighted by molar-refractivity contribution is -0.139. The Kier molecular flexibility index (Phi) is 5.95. The van der Waals surface area contributed by atoms with E-state index in [0.717, 1.165) is 36.1 Å². The summed E-state index contributed by atoms with van der Waals surface area (Å²) < 4.78 is 5.55. The molecule has 2 aromatic rings. The molecule has 5 rings (SSSR count). The van der Waals surface area contributed by atoms with Gasteiger partial charge in [0.2, 0.25) is 17.7 Å². The van der Waals surface area contributed by atoms with Crippen molar-refractivity contribution in [1.82, 2.24) is 0 Å². The molecule has 0 unspecified atom stereocenters. The molecular formula is C28H30N2O5. The lowest BCUT2D eigenvalue weighted by Gasteiger charge is -2.25.